The standard InChI is InChI=1S/C7H14N4O/c1-3-10-11(2)6(8)4-5-7(9)12/h3,8H,4-5H2,1-2H3,(H2,9,12). The van der Waals surface area contributed by atoms with Gasteiger partial charge in [0.25, 0.3) is 0 Å². The highest BCUT2D eigenvalue weighted by atomic mass is 16.1. The van der Waals surface area contributed by atoms with Gasteiger partial charge in [-0.2, -0.15) is 5.10 Å². The lowest BCUT2D eigenvalue weighted by molar-refractivity contribution is -0.117. The van der Waals surface area contributed by atoms with Crippen LogP contribution in [0.1, 0.15) is 19.8 Å². The van der Waals surface area contributed by atoms with Crippen LogP contribution in [-0.4, -0.2) is 30.0 Å². The van der Waals surface area contributed by atoms with Crippen molar-refractivity contribution in [3.63, 3.8) is 0 Å². The van der Waals surface area contributed by atoms with Crippen molar-refractivity contribution in [3.05, 3.63) is 0 Å². The van der Waals surface area contributed by atoms with E-state index in [1.54, 1.807) is 20.2 Å². The van der Waals surface area contributed by atoms with Crippen LogP contribution in [0.5, 0.6) is 0 Å². The van der Waals surface area contributed by atoms with Crippen molar-refractivity contribution >= 4 is 18.0 Å². The predicted octanol–water partition coefficient (Wildman–Crippen LogP) is 0.167. The van der Waals surface area contributed by atoms with Gasteiger partial charge in [0.1, 0.15) is 5.84 Å². The topological polar surface area (TPSA) is 82.5 Å². The number of rotatable bonds is 4. The van der Waals surface area contributed by atoms with E-state index >= 15 is 0 Å². The highest BCUT2D eigenvalue weighted by molar-refractivity contribution is 5.84. The molecule has 0 aromatic rings. The van der Waals surface area contributed by atoms with E-state index in [0.717, 1.165) is 0 Å². The smallest absolute Gasteiger partial charge is 0.217 e. The first-order valence-electron chi connectivity index (χ1n) is 3.66. The summed E-state index contributed by atoms with van der Waals surface area (Å²) in [7, 11) is 1.66. The molecule has 5 heteroatoms. The fourth-order valence-corrected chi connectivity index (χ4v) is 0.646. The summed E-state index contributed by atoms with van der Waals surface area (Å²) in [6, 6.07) is 0. The summed E-state index contributed by atoms with van der Waals surface area (Å²) in [5.74, 6) is -0.111. The molecule has 5 nitrogen and oxygen atoms in total. The van der Waals surface area contributed by atoms with Gasteiger partial charge in [0.05, 0.1) is 0 Å². The molecule has 0 bridgehead atoms. The molecule has 68 valence electrons. The lowest BCUT2D eigenvalue weighted by Crippen LogP contribution is -2.22. The highest BCUT2D eigenvalue weighted by Crippen LogP contribution is 1.95. The van der Waals surface area contributed by atoms with Gasteiger partial charge in [-0.25, -0.2) is 0 Å². The molecule has 0 aromatic heterocycles. The van der Waals surface area contributed by atoms with Gasteiger partial charge in [-0.3, -0.25) is 15.2 Å². The first-order valence-corrected chi connectivity index (χ1v) is 3.66. The molecule has 1 amide bonds. The Labute approximate surface area is 71.7 Å². The fourth-order valence-electron chi connectivity index (χ4n) is 0.646. The Kier molecular flexibility index (Phi) is 4.67. The number of nitrogens with zero attached hydrogens (tertiary/aromatic N) is 2. The molecule has 0 atom stereocenters. The minimum atomic E-state index is -0.395. The van der Waals surface area contributed by atoms with Crippen LogP contribution in [-0.2, 0) is 4.79 Å². The Balaban J connectivity index is 3.79. The van der Waals surface area contributed by atoms with Crippen LogP contribution in [0.4, 0.5) is 0 Å². The zero-order valence-electron chi connectivity index (χ0n) is 7.37. The highest BCUT2D eigenvalue weighted by Gasteiger charge is 2.03. The van der Waals surface area contributed by atoms with Gasteiger partial charge in [0.15, 0.2) is 0 Å². The molecule has 0 unspecified atom stereocenters. The third-order valence-corrected chi connectivity index (χ3v) is 1.29. The van der Waals surface area contributed by atoms with E-state index in [4.69, 9.17) is 11.1 Å². The normalized spacial score (nSPS) is 10.2. The number of carbonyl (C=O) groups is 1. The number of amidine groups is 1. The average molecular weight is 170 g/mol. The third kappa shape index (κ3) is 4.43. The Morgan fingerprint density at radius 3 is 2.67 bits per heavy atom. The summed E-state index contributed by atoms with van der Waals surface area (Å²) in [5, 5.41) is 12.6. The number of hydrazone groups is 1. The molecular formula is C7H14N4O. The van der Waals surface area contributed by atoms with Crippen molar-refractivity contribution < 1.29 is 4.79 Å². The molecule has 0 spiro atoms. The van der Waals surface area contributed by atoms with Gasteiger partial charge in [-0.15, -0.1) is 0 Å². The molecule has 0 aromatic carbocycles. The maximum atomic E-state index is 10.4. The van der Waals surface area contributed by atoms with E-state index in [1.807, 2.05) is 0 Å². The van der Waals surface area contributed by atoms with Crippen LogP contribution < -0.4 is 5.73 Å². The Bertz CT molecular complexity index is 200. The maximum absolute atomic E-state index is 10.4. The average Bonchev–Trinajstić information content (AvgIpc) is 2.00. The van der Waals surface area contributed by atoms with E-state index in [9.17, 15) is 4.79 Å². The molecule has 0 rings (SSSR count). The largest absolute Gasteiger partial charge is 0.370 e. The SMILES string of the molecule is CC=NN(C)C(=N)CCC(N)=O. The summed E-state index contributed by atoms with van der Waals surface area (Å²) in [4.78, 5) is 10.4. The lowest BCUT2D eigenvalue weighted by atomic mass is 10.3. The molecule has 0 heterocycles. The van der Waals surface area contributed by atoms with E-state index in [-0.39, 0.29) is 12.3 Å². The minimum absolute atomic E-state index is 0.197. The van der Waals surface area contributed by atoms with Crippen LogP contribution in [0.25, 0.3) is 0 Å². The number of amides is 1. The van der Waals surface area contributed by atoms with Crippen LogP contribution in [0, 0.1) is 5.41 Å². The Morgan fingerprint density at radius 2 is 2.25 bits per heavy atom. The Morgan fingerprint density at radius 1 is 1.67 bits per heavy atom. The van der Waals surface area contributed by atoms with Gasteiger partial charge in [-0.1, -0.05) is 0 Å². The van der Waals surface area contributed by atoms with E-state index in [2.05, 4.69) is 5.10 Å². The van der Waals surface area contributed by atoms with Crippen molar-refractivity contribution in [1.82, 2.24) is 5.01 Å². The van der Waals surface area contributed by atoms with Gasteiger partial charge >= 0.3 is 0 Å². The van der Waals surface area contributed by atoms with Crippen molar-refractivity contribution in [2.75, 3.05) is 7.05 Å². The first kappa shape index (κ1) is 10.6. The molecular weight excluding hydrogens is 156 g/mol. The molecule has 0 fully saturated rings. The summed E-state index contributed by atoms with van der Waals surface area (Å²) in [6.07, 6.45) is 2.12. The number of nitrogens with one attached hydrogen (secondary N) is 1. The zero-order chi connectivity index (χ0) is 9.56. The molecule has 12 heavy (non-hydrogen) atoms. The van der Waals surface area contributed by atoms with Gasteiger partial charge < -0.3 is 5.73 Å². The second kappa shape index (κ2) is 5.29. The second-order valence-corrected chi connectivity index (χ2v) is 2.31. The molecule has 0 radical (unpaired) electrons. The quantitative estimate of drug-likeness (QED) is 0.358. The van der Waals surface area contributed by atoms with E-state index in [1.165, 1.54) is 5.01 Å². The van der Waals surface area contributed by atoms with Gasteiger partial charge in [0.2, 0.25) is 5.91 Å². The van der Waals surface area contributed by atoms with Crippen molar-refractivity contribution in [3.8, 4) is 0 Å². The molecule has 0 aliphatic heterocycles. The summed E-state index contributed by atoms with van der Waals surface area (Å²) in [5.41, 5.74) is 4.92. The zero-order valence-corrected chi connectivity index (χ0v) is 7.37. The molecule has 0 aliphatic rings. The Hall–Kier alpha value is -1.39. The minimum Gasteiger partial charge on any atom is -0.370 e. The maximum Gasteiger partial charge on any atom is 0.217 e. The number of hydrogen-bond donors (Lipinski definition) is 2. The number of hydrogen-bond acceptors (Lipinski definition) is 3. The number of carbonyl (C=O) groups excluding carboxylic acids is 1. The predicted molar refractivity (Wildman–Crippen MR) is 48.1 cm³/mol. The van der Waals surface area contributed by atoms with Crippen LogP contribution in [0.2, 0.25) is 0 Å². The third-order valence-electron chi connectivity index (χ3n) is 1.29. The summed E-state index contributed by atoms with van der Waals surface area (Å²) in [6.45, 7) is 1.76. The number of nitrogens with two attached hydrogens (primary N) is 1. The van der Waals surface area contributed by atoms with Crippen molar-refractivity contribution in [2.45, 2.75) is 19.8 Å². The van der Waals surface area contributed by atoms with Crippen molar-refractivity contribution in [2.24, 2.45) is 10.8 Å². The number of primary amides is 1. The summed E-state index contributed by atoms with van der Waals surface area (Å²) >= 11 is 0. The molecule has 0 saturated heterocycles. The second-order valence-electron chi connectivity index (χ2n) is 2.31. The fraction of sp³-hybridized carbons (Fsp3) is 0.571. The van der Waals surface area contributed by atoms with Crippen LogP contribution in [0.3, 0.4) is 0 Å². The molecule has 0 aliphatic carbocycles. The molecule has 0 saturated carbocycles. The lowest BCUT2D eigenvalue weighted by Gasteiger charge is -2.12. The van der Waals surface area contributed by atoms with Crippen molar-refractivity contribution in [1.29, 1.82) is 5.41 Å². The monoisotopic (exact) mass is 170 g/mol. The van der Waals surface area contributed by atoms with Gasteiger partial charge in [0, 0.05) is 26.1 Å². The van der Waals surface area contributed by atoms with Gasteiger partial charge in [-0.05, 0) is 6.92 Å². The van der Waals surface area contributed by atoms with Crippen LogP contribution >= 0.6 is 0 Å². The van der Waals surface area contributed by atoms with E-state index in [0.29, 0.717) is 6.42 Å². The van der Waals surface area contributed by atoms with E-state index < -0.39 is 5.91 Å². The molecule has 3 N–H and O–H groups in total. The van der Waals surface area contributed by atoms with Crippen LogP contribution in [0.15, 0.2) is 5.10 Å². The first-order chi connectivity index (χ1) is 5.57. The summed E-state index contributed by atoms with van der Waals surface area (Å²) < 4.78 is 0.